The summed E-state index contributed by atoms with van der Waals surface area (Å²) in [6.07, 6.45) is 7.10. The number of hydrogen-bond donors (Lipinski definition) is 0. The predicted octanol–water partition coefficient (Wildman–Crippen LogP) is 4.83. The van der Waals surface area contributed by atoms with Gasteiger partial charge in [0.1, 0.15) is 0 Å². The molecule has 0 radical (unpaired) electrons. The summed E-state index contributed by atoms with van der Waals surface area (Å²) >= 11 is 1.98. The lowest BCUT2D eigenvalue weighted by Crippen LogP contribution is -1.83. The summed E-state index contributed by atoms with van der Waals surface area (Å²) in [5.41, 5.74) is 1.40. The third-order valence-corrected chi connectivity index (χ3v) is 3.67. The Bertz CT molecular complexity index is 291. The molecule has 0 aliphatic rings. The fourth-order valence-corrected chi connectivity index (χ4v) is 2.51. The van der Waals surface area contributed by atoms with Crippen molar-refractivity contribution in [2.45, 2.75) is 37.5 Å². The molecule has 0 nitrogen and oxygen atoms in total. The molecule has 15 heavy (non-hydrogen) atoms. The molecule has 82 valence electrons. The SMILES string of the molecule is C=CCCCCCSc1ccccc1C. The van der Waals surface area contributed by atoms with Crippen molar-refractivity contribution < 1.29 is 0 Å². The number of thioether (sulfide) groups is 1. The zero-order valence-electron chi connectivity index (χ0n) is 9.54. The van der Waals surface area contributed by atoms with Gasteiger partial charge in [-0.05, 0) is 43.6 Å². The van der Waals surface area contributed by atoms with Crippen molar-refractivity contribution in [3.05, 3.63) is 42.5 Å². The van der Waals surface area contributed by atoms with E-state index in [4.69, 9.17) is 0 Å². The maximum atomic E-state index is 3.73. The molecule has 1 rings (SSSR count). The molecular weight excluding hydrogens is 200 g/mol. The molecule has 0 saturated carbocycles. The van der Waals surface area contributed by atoms with Crippen molar-refractivity contribution in [2.24, 2.45) is 0 Å². The quantitative estimate of drug-likeness (QED) is 0.360. The van der Waals surface area contributed by atoms with Gasteiger partial charge in [-0.1, -0.05) is 30.7 Å². The molecule has 0 N–H and O–H groups in total. The van der Waals surface area contributed by atoms with Crippen LogP contribution in [0.3, 0.4) is 0 Å². The van der Waals surface area contributed by atoms with Crippen LogP contribution < -0.4 is 0 Å². The third kappa shape index (κ3) is 5.08. The van der Waals surface area contributed by atoms with Crippen LogP contribution in [-0.2, 0) is 0 Å². The standard InChI is InChI=1S/C14H20S/c1-3-4-5-6-9-12-15-14-11-8-7-10-13(14)2/h3,7-8,10-11H,1,4-6,9,12H2,2H3. The Morgan fingerprint density at radius 2 is 2.00 bits per heavy atom. The lowest BCUT2D eigenvalue weighted by Gasteiger charge is -2.04. The Balaban J connectivity index is 2.15. The van der Waals surface area contributed by atoms with E-state index in [1.54, 1.807) is 0 Å². The van der Waals surface area contributed by atoms with Gasteiger partial charge in [0.05, 0.1) is 0 Å². The molecule has 0 heterocycles. The average molecular weight is 220 g/mol. The molecule has 0 unspecified atom stereocenters. The first-order valence-corrected chi connectivity index (χ1v) is 6.62. The van der Waals surface area contributed by atoms with Crippen LogP contribution in [0, 0.1) is 6.92 Å². The highest BCUT2D eigenvalue weighted by Gasteiger charge is 1.96. The number of unbranched alkanes of at least 4 members (excludes halogenated alkanes) is 3. The zero-order valence-corrected chi connectivity index (χ0v) is 10.4. The molecular formula is C14H20S. The number of hydrogen-bond acceptors (Lipinski definition) is 1. The van der Waals surface area contributed by atoms with Gasteiger partial charge in [0.15, 0.2) is 0 Å². The summed E-state index contributed by atoms with van der Waals surface area (Å²) in [5, 5.41) is 0. The molecule has 0 saturated heterocycles. The van der Waals surface area contributed by atoms with Crippen molar-refractivity contribution in [1.82, 2.24) is 0 Å². The monoisotopic (exact) mass is 220 g/mol. The minimum atomic E-state index is 1.16. The molecule has 0 atom stereocenters. The fraction of sp³-hybridized carbons (Fsp3) is 0.429. The molecule has 0 aliphatic carbocycles. The van der Waals surface area contributed by atoms with Crippen molar-refractivity contribution in [1.29, 1.82) is 0 Å². The minimum absolute atomic E-state index is 1.16. The van der Waals surface area contributed by atoms with Gasteiger partial charge in [-0.25, -0.2) is 0 Å². The molecule has 0 fully saturated rings. The van der Waals surface area contributed by atoms with Gasteiger partial charge in [0.25, 0.3) is 0 Å². The van der Waals surface area contributed by atoms with E-state index in [0.29, 0.717) is 0 Å². The van der Waals surface area contributed by atoms with Crippen LogP contribution in [0.25, 0.3) is 0 Å². The average Bonchev–Trinajstić information content (AvgIpc) is 2.25. The van der Waals surface area contributed by atoms with Crippen LogP contribution in [0.15, 0.2) is 41.8 Å². The smallest absolute Gasteiger partial charge is 0.0101 e. The Morgan fingerprint density at radius 3 is 2.73 bits per heavy atom. The largest absolute Gasteiger partial charge is 0.126 e. The van der Waals surface area contributed by atoms with Crippen molar-refractivity contribution in [3.63, 3.8) is 0 Å². The van der Waals surface area contributed by atoms with Gasteiger partial charge in [-0.3, -0.25) is 0 Å². The van der Waals surface area contributed by atoms with Crippen LogP contribution in [-0.4, -0.2) is 5.75 Å². The number of rotatable bonds is 7. The summed E-state index contributed by atoms with van der Waals surface area (Å²) < 4.78 is 0. The first-order valence-electron chi connectivity index (χ1n) is 5.64. The Morgan fingerprint density at radius 1 is 1.20 bits per heavy atom. The third-order valence-electron chi connectivity index (χ3n) is 2.40. The fourth-order valence-electron chi connectivity index (χ4n) is 1.47. The lowest BCUT2D eigenvalue weighted by atomic mass is 10.2. The molecule has 1 aromatic carbocycles. The van der Waals surface area contributed by atoms with E-state index in [1.807, 2.05) is 17.8 Å². The molecule has 1 heteroatoms. The summed E-state index contributed by atoms with van der Waals surface area (Å²) in [6, 6.07) is 8.61. The highest BCUT2D eigenvalue weighted by Crippen LogP contribution is 2.23. The Kier molecular flexibility index (Phi) is 6.26. The van der Waals surface area contributed by atoms with Gasteiger partial charge in [0, 0.05) is 4.90 Å². The van der Waals surface area contributed by atoms with E-state index in [0.717, 1.165) is 6.42 Å². The van der Waals surface area contributed by atoms with Gasteiger partial charge in [0.2, 0.25) is 0 Å². The second-order valence-electron chi connectivity index (χ2n) is 3.75. The van der Waals surface area contributed by atoms with E-state index in [-0.39, 0.29) is 0 Å². The summed E-state index contributed by atoms with van der Waals surface area (Å²) in [5.74, 6) is 1.24. The molecule has 0 spiro atoms. The van der Waals surface area contributed by atoms with E-state index in [1.165, 1.54) is 35.5 Å². The van der Waals surface area contributed by atoms with Crippen molar-refractivity contribution in [3.8, 4) is 0 Å². The summed E-state index contributed by atoms with van der Waals surface area (Å²) in [4.78, 5) is 1.43. The number of aryl methyl sites for hydroxylation is 1. The zero-order chi connectivity index (χ0) is 10.9. The van der Waals surface area contributed by atoms with Gasteiger partial charge in [-0.15, -0.1) is 18.3 Å². The van der Waals surface area contributed by atoms with Crippen molar-refractivity contribution in [2.75, 3.05) is 5.75 Å². The van der Waals surface area contributed by atoms with E-state index in [9.17, 15) is 0 Å². The molecule has 0 bridgehead atoms. The second kappa shape index (κ2) is 7.58. The molecule has 0 aliphatic heterocycles. The highest BCUT2D eigenvalue weighted by molar-refractivity contribution is 7.99. The van der Waals surface area contributed by atoms with Crippen LogP contribution >= 0.6 is 11.8 Å². The van der Waals surface area contributed by atoms with Gasteiger partial charge in [-0.2, -0.15) is 0 Å². The molecule has 0 amide bonds. The van der Waals surface area contributed by atoms with Gasteiger partial charge < -0.3 is 0 Å². The van der Waals surface area contributed by atoms with Crippen LogP contribution in [0.5, 0.6) is 0 Å². The summed E-state index contributed by atoms with van der Waals surface area (Å²) in [6.45, 7) is 5.91. The maximum absolute atomic E-state index is 3.73. The molecule has 0 aromatic heterocycles. The van der Waals surface area contributed by atoms with Crippen LogP contribution in [0.4, 0.5) is 0 Å². The first kappa shape index (κ1) is 12.4. The normalized spacial score (nSPS) is 10.2. The van der Waals surface area contributed by atoms with Crippen molar-refractivity contribution >= 4 is 11.8 Å². The highest BCUT2D eigenvalue weighted by atomic mass is 32.2. The summed E-state index contributed by atoms with van der Waals surface area (Å²) in [7, 11) is 0. The van der Waals surface area contributed by atoms with Gasteiger partial charge >= 0.3 is 0 Å². The predicted molar refractivity (Wildman–Crippen MR) is 70.6 cm³/mol. The Labute approximate surface area is 97.8 Å². The van der Waals surface area contributed by atoms with Crippen LogP contribution in [0.2, 0.25) is 0 Å². The van der Waals surface area contributed by atoms with E-state index < -0.39 is 0 Å². The Hall–Kier alpha value is -0.690. The number of allylic oxidation sites excluding steroid dienone is 1. The lowest BCUT2D eigenvalue weighted by molar-refractivity contribution is 0.735. The molecule has 1 aromatic rings. The minimum Gasteiger partial charge on any atom is -0.126 e. The topological polar surface area (TPSA) is 0 Å². The number of benzene rings is 1. The van der Waals surface area contributed by atoms with E-state index >= 15 is 0 Å². The van der Waals surface area contributed by atoms with E-state index in [2.05, 4.69) is 37.8 Å². The van der Waals surface area contributed by atoms with Crippen LogP contribution in [0.1, 0.15) is 31.2 Å². The second-order valence-corrected chi connectivity index (χ2v) is 4.89. The maximum Gasteiger partial charge on any atom is 0.0101 e. The first-order chi connectivity index (χ1) is 7.34.